The highest BCUT2D eigenvalue weighted by atomic mass is 16.6. The minimum Gasteiger partial charge on any atom is -0.356 e. The number of aliphatic hydroxyl groups is 1. The highest BCUT2D eigenvalue weighted by Gasteiger charge is 2.22. The predicted octanol–water partition coefficient (Wildman–Crippen LogP) is 0.671. The van der Waals surface area contributed by atoms with Gasteiger partial charge in [-0.2, -0.15) is 15.0 Å². The first-order valence-corrected chi connectivity index (χ1v) is 7.04. The fourth-order valence-corrected chi connectivity index (χ4v) is 1.90. The van der Waals surface area contributed by atoms with E-state index in [0.29, 0.717) is 11.6 Å². The SMILES string of the molecule is CC(NC(O)OC(C)(C)C)c1ncnn1-c1cc(C#N)ncn1. The zero-order valence-corrected chi connectivity index (χ0v) is 13.4. The van der Waals surface area contributed by atoms with Gasteiger partial charge in [0, 0.05) is 6.07 Å². The molecule has 2 N–H and O–H groups in total. The standard InChI is InChI=1S/C14H19N7O2/c1-9(20-13(22)23-14(2,3)4)12-18-8-19-21(12)11-5-10(6-15)16-7-17-11/h5,7-9,13,20,22H,1-4H3. The first-order chi connectivity index (χ1) is 10.8. The van der Waals surface area contributed by atoms with E-state index >= 15 is 0 Å². The van der Waals surface area contributed by atoms with E-state index in [2.05, 4.69) is 25.4 Å². The third kappa shape index (κ3) is 4.53. The van der Waals surface area contributed by atoms with Crippen LogP contribution in [0.15, 0.2) is 18.7 Å². The van der Waals surface area contributed by atoms with Gasteiger partial charge in [0.2, 0.25) is 6.41 Å². The molecule has 0 amide bonds. The summed E-state index contributed by atoms with van der Waals surface area (Å²) < 4.78 is 6.88. The second-order valence-electron chi connectivity index (χ2n) is 5.87. The van der Waals surface area contributed by atoms with Crippen molar-refractivity contribution in [3.63, 3.8) is 0 Å². The van der Waals surface area contributed by atoms with Crippen molar-refractivity contribution >= 4 is 0 Å². The molecule has 122 valence electrons. The van der Waals surface area contributed by atoms with Gasteiger partial charge >= 0.3 is 0 Å². The lowest BCUT2D eigenvalue weighted by Crippen LogP contribution is -2.40. The summed E-state index contributed by atoms with van der Waals surface area (Å²) >= 11 is 0. The Balaban J connectivity index is 2.18. The van der Waals surface area contributed by atoms with E-state index in [1.807, 2.05) is 33.8 Å². The molecule has 0 aliphatic carbocycles. The van der Waals surface area contributed by atoms with E-state index in [9.17, 15) is 5.11 Å². The summed E-state index contributed by atoms with van der Waals surface area (Å²) in [5.74, 6) is 0.938. The van der Waals surface area contributed by atoms with E-state index in [0.717, 1.165) is 0 Å². The molecule has 0 bridgehead atoms. The molecule has 0 saturated heterocycles. The van der Waals surface area contributed by atoms with Crippen LogP contribution in [0.4, 0.5) is 0 Å². The maximum atomic E-state index is 9.94. The van der Waals surface area contributed by atoms with E-state index in [-0.39, 0.29) is 11.7 Å². The van der Waals surface area contributed by atoms with Gasteiger partial charge in [-0.1, -0.05) is 0 Å². The molecule has 23 heavy (non-hydrogen) atoms. The van der Waals surface area contributed by atoms with Crippen LogP contribution < -0.4 is 5.32 Å². The van der Waals surface area contributed by atoms with Gasteiger partial charge in [0.15, 0.2) is 11.6 Å². The van der Waals surface area contributed by atoms with Gasteiger partial charge in [0.05, 0.1) is 11.6 Å². The van der Waals surface area contributed by atoms with Gasteiger partial charge in [-0.05, 0) is 27.7 Å². The van der Waals surface area contributed by atoms with Crippen LogP contribution >= 0.6 is 0 Å². The Bertz CT molecular complexity index is 702. The topological polar surface area (TPSA) is 122 Å². The number of rotatable bonds is 5. The second kappa shape index (κ2) is 6.78. The average Bonchev–Trinajstić information content (AvgIpc) is 2.94. The van der Waals surface area contributed by atoms with Crippen molar-refractivity contribution in [3.8, 4) is 11.9 Å². The zero-order chi connectivity index (χ0) is 17.0. The van der Waals surface area contributed by atoms with Crippen molar-refractivity contribution in [1.82, 2.24) is 30.0 Å². The van der Waals surface area contributed by atoms with Gasteiger partial charge < -0.3 is 9.84 Å². The molecule has 0 saturated carbocycles. The first kappa shape index (κ1) is 17.0. The molecule has 0 aliphatic heterocycles. The van der Waals surface area contributed by atoms with Crippen LogP contribution in [0.25, 0.3) is 5.82 Å². The monoisotopic (exact) mass is 317 g/mol. The molecule has 0 aliphatic rings. The lowest BCUT2D eigenvalue weighted by molar-refractivity contribution is -0.185. The highest BCUT2D eigenvalue weighted by Crippen LogP contribution is 2.15. The Morgan fingerprint density at radius 1 is 1.30 bits per heavy atom. The van der Waals surface area contributed by atoms with E-state index < -0.39 is 12.0 Å². The minimum absolute atomic E-state index is 0.230. The second-order valence-corrected chi connectivity index (χ2v) is 5.87. The minimum atomic E-state index is -1.16. The van der Waals surface area contributed by atoms with Crippen LogP contribution in [-0.2, 0) is 4.74 Å². The molecule has 2 rings (SSSR count). The van der Waals surface area contributed by atoms with Gasteiger partial charge in [-0.15, -0.1) is 0 Å². The van der Waals surface area contributed by atoms with Crippen molar-refractivity contribution in [2.75, 3.05) is 0 Å². The number of nitrogens with zero attached hydrogens (tertiary/aromatic N) is 6. The van der Waals surface area contributed by atoms with Gasteiger partial charge in [0.25, 0.3) is 0 Å². The number of ether oxygens (including phenoxy) is 1. The molecule has 9 heteroatoms. The molecule has 0 aromatic carbocycles. The predicted molar refractivity (Wildman–Crippen MR) is 80.1 cm³/mol. The largest absolute Gasteiger partial charge is 0.356 e. The molecule has 0 radical (unpaired) electrons. The summed E-state index contributed by atoms with van der Waals surface area (Å²) in [6.07, 6.45) is 1.50. The summed E-state index contributed by atoms with van der Waals surface area (Å²) in [6.45, 7) is 7.34. The fraction of sp³-hybridized carbons (Fsp3) is 0.500. The van der Waals surface area contributed by atoms with E-state index in [1.165, 1.54) is 23.4 Å². The number of hydrogen-bond donors (Lipinski definition) is 2. The van der Waals surface area contributed by atoms with Gasteiger partial charge in [-0.25, -0.2) is 15.0 Å². The molecule has 2 aromatic heterocycles. The number of aliphatic hydroxyl groups excluding tert-OH is 1. The van der Waals surface area contributed by atoms with Crippen molar-refractivity contribution in [1.29, 1.82) is 5.26 Å². The van der Waals surface area contributed by atoms with Crippen molar-refractivity contribution < 1.29 is 9.84 Å². The number of aromatic nitrogens is 5. The smallest absolute Gasteiger partial charge is 0.214 e. The fourth-order valence-electron chi connectivity index (χ4n) is 1.90. The molecule has 9 nitrogen and oxygen atoms in total. The van der Waals surface area contributed by atoms with Crippen LogP contribution in [0.1, 0.15) is 45.3 Å². The quantitative estimate of drug-likeness (QED) is 0.772. The number of nitriles is 1. The van der Waals surface area contributed by atoms with E-state index in [1.54, 1.807) is 0 Å². The Hall–Kier alpha value is -2.41. The molecule has 0 spiro atoms. The lowest BCUT2D eigenvalue weighted by Gasteiger charge is -2.26. The Morgan fingerprint density at radius 2 is 2.04 bits per heavy atom. The maximum Gasteiger partial charge on any atom is 0.214 e. The third-order valence-corrected chi connectivity index (χ3v) is 2.80. The van der Waals surface area contributed by atoms with Crippen LogP contribution in [0.3, 0.4) is 0 Å². The lowest BCUT2D eigenvalue weighted by atomic mass is 10.2. The van der Waals surface area contributed by atoms with Crippen molar-refractivity contribution in [3.05, 3.63) is 30.2 Å². The van der Waals surface area contributed by atoms with Crippen molar-refractivity contribution in [2.24, 2.45) is 0 Å². The van der Waals surface area contributed by atoms with Crippen LogP contribution in [0.2, 0.25) is 0 Å². The number of nitrogens with one attached hydrogen (secondary N) is 1. The summed E-state index contributed by atoms with van der Waals surface area (Å²) in [6, 6.07) is 3.09. The van der Waals surface area contributed by atoms with Gasteiger partial charge in [-0.3, -0.25) is 5.32 Å². The van der Waals surface area contributed by atoms with Crippen molar-refractivity contribution in [2.45, 2.75) is 45.8 Å². The summed E-state index contributed by atoms with van der Waals surface area (Å²) in [4.78, 5) is 12.1. The molecule has 2 atom stereocenters. The molecule has 2 unspecified atom stereocenters. The Labute approximate surface area is 134 Å². The first-order valence-electron chi connectivity index (χ1n) is 7.04. The summed E-state index contributed by atoms with van der Waals surface area (Å²) in [5, 5.41) is 25.8. The zero-order valence-electron chi connectivity index (χ0n) is 13.4. The maximum absolute atomic E-state index is 9.94. The summed E-state index contributed by atoms with van der Waals surface area (Å²) in [5.41, 5.74) is -0.262. The molecule has 2 aromatic rings. The van der Waals surface area contributed by atoms with E-state index in [4.69, 9.17) is 10.00 Å². The molecule has 2 heterocycles. The normalized spacial score (nSPS) is 14.3. The Morgan fingerprint density at radius 3 is 2.70 bits per heavy atom. The highest BCUT2D eigenvalue weighted by molar-refractivity contribution is 5.30. The van der Waals surface area contributed by atoms with Crippen LogP contribution in [-0.4, -0.2) is 41.9 Å². The van der Waals surface area contributed by atoms with Gasteiger partial charge in [0.1, 0.15) is 24.4 Å². The summed E-state index contributed by atoms with van der Waals surface area (Å²) in [7, 11) is 0. The molecule has 0 fully saturated rings. The third-order valence-electron chi connectivity index (χ3n) is 2.80. The Kier molecular flexibility index (Phi) is 5.00. The molecular weight excluding hydrogens is 298 g/mol. The number of hydrogen-bond acceptors (Lipinski definition) is 8. The molecular formula is C14H19N7O2. The average molecular weight is 317 g/mol. The van der Waals surface area contributed by atoms with Crippen LogP contribution in [0.5, 0.6) is 0 Å². The van der Waals surface area contributed by atoms with Crippen LogP contribution in [0, 0.1) is 11.3 Å².